The molecule has 0 saturated carbocycles. The molecule has 0 unspecified atom stereocenters. The summed E-state index contributed by atoms with van der Waals surface area (Å²) in [4.78, 5) is 14.8. The van der Waals surface area contributed by atoms with E-state index in [4.69, 9.17) is 4.74 Å². The number of halogens is 1. The van der Waals surface area contributed by atoms with Crippen molar-refractivity contribution in [2.75, 3.05) is 33.3 Å². The average molecular weight is 346 g/mol. The quantitative estimate of drug-likeness (QED) is 0.864. The van der Waals surface area contributed by atoms with Crippen molar-refractivity contribution in [2.45, 2.75) is 18.4 Å². The molecule has 1 aliphatic heterocycles. The van der Waals surface area contributed by atoms with Gasteiger partial charge in [0.05, 0.1) is 6.54 Å². The lowest BCUT2D eigenvalue weighted by Gasteiger charge is -2.39. The van der Waals surface area contributed by atoms with Crippen molar-refractivity contribution in [2.24, 2.45) is 0 Å². The van der Waals surface area contributed by atoms with E-state index >= 15 is 0 Å². The second-order valence-corrected chi connectivity index (χ2v) is 6.26. The first-order valence-corrected chi connectivity index (χ1v) is 8.47. The predicted octanol–water partition coefficient (Wildman–Crippen LogP) is 1.64. The minimum Gasteiger partial charge on any atom is -0.492 e. The first kappa shape index (κ1) is 17.4. The van der Waals surface area contributed by atoms with E-state index in [1.165, 1.54) is 12.1 Å². The fourth-order valence-electron chi connectivity index (χ4n) is 3.19. The molecule has 1 aromatic heterocycles. The molecule has 1 amide bonds. The molecule has 1 fully saturated rings. The summed E-state index contributed by atoms with van der Waals surface area (Å²) in [5.74, 6) is 0.332. The predicted molar refractivity (Wildman–Crippen MR) is 91.8 cm³/mol. The highest BCUT2D eigenvalue weighted by Gasteiger charge is 2.43. The van der Waals surface area contributed by atoms with Crippen LogP contribution < -0.4 is 10.1 Å². The van der Waals surface area contributed by atoms with Gasteiger partial charge in [0.15, 0.2) is 0 Å². The number of aromatic nitrogens is 2. The van der Waals surface area contributed by atoms with Crippen LogP contribution in [0.15, 0.2) is 42.7 Å². The van der Waals surface area contributed by atoms with Gasteiger partial charge in [-0.25, -0.2) is 4.39 Å². The van der Waals surface area contributed by atoms with Gasteiger partial charge in [-0.2, -0.15) is 5.10 Å². The molecule has 2 aromatic rings. The first-order chi connectivity index (χ1) is 12.1. The van der Waals surface area contributed by atoms with E-state index in [1.54, 1.807) is 35.0 Å². The van der Waals surface area contributed by atoms with Crippen molar-refractivity contribution in [1.82, 2.24) is 20.0 Å². The Hall–Kier alpha value is -2.41. The van der Waals surface area contributed by atoms with Crippen molar-refractivity contribution in [3.05, 3.63) is 48.5 Å². The van der Waals surface area contributed by atoms with Crippen LogP contribution in [0.3, 0.4) is 0 Å². The topological polar surface area (TPSA) is 59.4 Å². The standard InChI is InChI=1S/C18H23FN4O2/c1-22(13-14-25-16-5-3-15(19)4-6-16)17(24)18(7-10-20-11-8-18)23-12-2-9-21-23/h2-6,9,12,20H,7-8,10-11,13-14H2,1H3. The lowest BCUT2D eigenvalue weighted by molar-refractivity contribution is -0.142. The summed E-state index contributed by atoms with van der Waals surface area (Å²) in [6.07, 6.45) is 4.97. The molecule has 25 heavy (non-hydrogen) atoms. The number of nitrogens with one attached hydrogen (secondary N) is 1. The van der Waals surface area contributed by atoms with Crippen LogP contribution in [0.2, 0.25) is 0 Å². The molecule has 0 spiro atoms. The summed E-state index contributed by atoms with van der Waals surface area (Å²) in [7, 11) is 1.78. The van der Waals surface area contributed by atoms with Gasteiger partial charge in [-0.1, -0.05) is 0 Å². The summed E-state index contributed by atoms with van der Waals surface area (Å²) in [5.41, 5.74) is -0.640. The third-order valence-corrected chi connectivity index (χ3v) is 4.63. The zero-order valence-electron chi connectivity index (χ0n) is 14.3. The molecular weight excluding hydrogens is 323 g/mol. The van der Waals surface area contributed by atoms with Crippen LogP contribution in [0.4, 0.5) is 4.39 Å². The third kappa shape index (κ3) is 3.82. The molecule has 0 aliphatic carbocycles. The summed E-state index contributed by atoms with van der Waals surface area (Å²) < 4.78 is 20.3. The van der Waals surface area contributed by atoms with E-state index in [2.05, 4.69) is 10.4 Å². The van der Waals surface area contributed by atoms with Gasteiger partial charge in [0, 0.05) is 19.4 Å². The van der Waals surface area contributed by atoms with Gasteiger partial charge < -0.3 is 15.0 Å². The van der Waals surface area contributed by atoms with Crippen LogP contribution >= 0.6 is 0 Å². The number of carbonyl (C=O) groups is 1. The van der Waals surface area contributed by atoms with E-state index in [-0.39, 0.29) is 11.7 Å². The van der Waals surface area contributed by atoms with Crippen molar-refractivity contribution >= 4 is 5.91 Å². The van der Waals surface area contributed by atoms with Crippen LogP contribution in [0, 0.1) is 5.82 Å². The first-order valence-electron chi connectivity index (χ1n) is 8.47. The highest BCUT2D eigenvalue weighted by molar-refractivity contribution is 5.84. The molecule has 1 aliphatic rings. The zero-order valence-corrected chi connectivity index (χ0v) is 14.3. The number of amides is 1. The number of likely N-dealkylation sites (N-methyl/N-ethyl adjacent to an activating group) is 1. The van der Waals surface area contributed by atoms with Crippen LogP contribution in [-0.2, 0) is 10.3 Å². The largest absolute Gasteiger partial charge is 0.492 e. The third-order valence-electron chi connectivity index (χ3n) is 4.63. The monoisotopic (exact) mass is 346 g/mol. The number of hydrogen-bond acceptors (Lipinski definition) is 4. The Morgan fingerprint density at radius 3 is 2.72 bits per heavy atom. The van der Waals surface area contributed by atoms with E-state index in [0.717, 1.165) is 13.1 Å². The van der Waals surface area contributed by atoms with Crippen LogP contribution in [-0.4, -0.2) is 53.9 Å². The number of carbonyl (C=O) groups excluding carboxylic acids is 1. The maximum atomic E-state index is 13.1. The second kappa shape index (κ2) is 7.65. The molecular formula is C18H23FN4O2. The summed E-state index contributed by atoms with van der Waals surface area (Å²) in [6, 6.07) is 7.71. The Kier molecular flexibility index (Phi) is 5.33. The lowest BCUT2D eigenvalue weighted by Crippen LogP contribution is -2.55. The number of rotatable bonds is 6. The van der Waals surface area contributed by atoms with Crippen molar-refractivity contribution in [3.63, 3.8) is 0 Å². The van der Waals surface area contributed by atoms with Crippen molar-refractivity contribution < 1.29 is 13.9 Å². The summed E-state index contributed by atoms with van der Waals surface area (Å²) >= 11 is 0. The SMILES string of the molecule is CN(CCOc1ccc(F)cc1)C(=O)C1(n2cccn2)CCNCC1. The van der Waals surface area contributed by atoms with E-state index in [9.17, 15) is 9.18 Å². The van der Waals surface area contributed by atoms with Gasteiger partial charge in [-0.15, -0.1) is 0 Å². The Bertz CT molecular complexity index is 682. The van der Waals surface area contributed by atoms with Crippen LogP contribution in [0.5, 0.6) is 5.75 Å². The zero-order chi connectivity index (χ0) is 17.7. The molecule has 2 heterocycles. The number of hydrogen-bond donors (Lipinski definition) is 1. The molecule has 6 nitrogen and oxygen atoms in total. The number of piperidine rings is 1. The fraction of sp³-hybridized carbons (Fsp3) is 0.444. The lowest BCUT2D eigenvalue weighted by atomic mass is 9.87. The molecule has 1 aromatic carbocycles. The molecule has 7 heteroatoms. The molecule has 0 radical (unpaired) electrons. The Morgan fingerprint density at radius 2 is 2.08 bits per heavy atom. The number of ether oxygens (including phenoxy) is 1. The van der Waals surface area contributed by atoms with Gasteiger partial charge in [-0.05, 0) is 56.3 Å². The Morgan fingerprint density at radius 1 is 1.36 bits per heavy atom. The molecule has 0 atom stereocenters. The molecule has 1 N–H and O–H groups in total. The van der Waals surface area contributed by atoms with E-state index in [0.29, 0.717) is 31.7 Å². The second-order valence-electron chi connectivity index (χ2n) is 6.26. The number of nitrogens with zero attached hydrogens (tertiary/aromatic N) is 3. The van der Waals surface area contributed by atoms with Gasteiger partial charge >= 0.3 is 0 Å². The molecule has 134 valence electrons. The van der Waals surface area contributed by atoms with Crippen molar-refractivity contribution in [1.29, 1.82) is 0 Å². The summed E-state index contributed by atoms with van der Waals surface area (Å²) in [5, 5.41) is 7.62. The minimum atomic E-state index is -0.640. The van der Waals surface area contributed by atoms with Gasteiger partial charge in [0.25, 0.3) is 5.91 Å². The molecule has 3 rings (SSSR count). The highest BCUT2D eigenvalue weighted by Crippen LogP contribution is 2.29. The minimum absolute atomic E-state index is 0.0420. The normalized spacial score (nSPS) is 16.4. The Balaban J connectivity index is 1.62. The molecule has 1 saturated heterocycles. The smallest absolute Gasteiger partial charge is 0.250 e. The maximum Gasteiger partial charge on any atom is 0.250 e. The maximum absolute atomic E-state index is 13.1. The molecule has 0 bridgehead atoms. The highest BCUT2D eigenvalue weighted by atomic mass is 19.1. The van der Waals surface area contributed by atoms with E-state index < -0.39 is 5.54 Å². The van der Waals surface area contributed by atoms with Crippen molar-refractivity contribution in [3.8, 4) is 5.75 Å². The Labute approximate surface area is 146 Å². The van der Waals surface area contributed by atoms with Crippen LogP contribution in [0.1, 0.15) is 12.8 Å². The van der Waals surface area contributed by atoms with Gasteiger partial charge in [-0.3, -0.25) is 9.48 Å². The van der Waals surface area contributed by atoms with Gasteiger partial charge in [0.1, 0.15) is 23.7 Å². The summed E-state index contributed by atoms with van der Waals surface area (Å²) in [6.45, 7) is 2.37. The van der Waals surface area contributed by atoms with E-state index in [1.807, 2.05) is 12.3 Å². The average Bonchev–Trinajstić information content (AvgIpc) is 3.18. The fourth-order valence-corrected chi connectivity index (χ4v) is 3.19. The number of benzene rings is 1. The van der Waals surface area contributed by atoms with Crippen LogP contribution in [0.25, 0.3) is 0 Å². The van der Waals surface area contributed by atoms with Gasteiger partial charge in [0.2, 0.25) is 0 Å².